The average Bonchev–Trinajstić information content (AvgIpc) is 3.45. The van der Waals surface area contributed by atoms with Gasteiger partial charge in [-0.1, -0.05) is 71.3 Å². The smallest absolute Gasteiger partial charge is 0.286 e. The molecule has 9 heteroatoms. The summed E-state index contributed by atoms with van der Waals surface area (Å²) in [5.74, 6) is 1.38. The molecule has 3 atom stereocenters. The number of allylic oxidation sites excluding steroid dienone is 4. The molecule has 2 aromatic rings. The Bertz CT molecular complexity index is 1280. The lowest BCUT2D eigenvalue weighted by Crippen LogP contribution is -2.54. The first-order chi connectivity index (χ1) is 21.8. The second-order valence-corrected chi connectivity index (χ2v) is 12.2. The number of nitrogens with one attached hydrogen (secondary N) is 1. The molecule has 1 amide bonds. The van der Waals surface area contributed by atoms with Gasteiger partial charge in [0.25, 0.3) is 11.9 Å². The lowest BCUT2D eigenvalue weighted by Gasteiger charge is -2.36. The molecule has 1 aromatic heterocycles. The summed E-state index contributed by atoms with van der Waals surface area (Å²) in [7, 11) is 1.49. The normalized spacial score (nSPS) is 17.2. The van der Waals surface area contributed by atoms with Crippen LogP contribution in [0.25, 0.3) is 0 Å². The summed E-state index contributed by atoms with van der Waals surface area (Å²) >= 11 is 0. The molecule has 0 saturated carbocycles. The monoisotopic (exact) mass is 620 g/mol. The van der Waals surface area contributed by atoms with Gasteiger partial charge in [0.1, 0.15) is 11.4 Å². The maximum Gasteiger partial charge on any atom is 0.286 e. The van der Waals surface area contributed by atoms with Gasteiger partial charge in [0.2, 0.25) is 0 Å². The van der Waals surface area contributed by atoms with E-state index >= 15 is 0 Å². The van der Waals surface area contributed by atoms with Crippen molar-refractivity contribution in [3.8, 4) is 5.75 Å². The topological polar surface area (TPSA) is 107 Å². The van der Waals surface area contributed by atoms with Crippen LogP contribution in [0.1, 0.15) is 100 Å². The van der Waals surface area contributed by atoms with Crippen molar-refractivity contribution in [1.82, 2.24) is 19.8 Å². The molecule has 0 radical (unpaired) electrons. The summed E-state index contributed by atoms with van der Waals surface area (Å²) < 4.78 is 13.4. The van der Waals surface area contributed by atoms with Crippen LogP contribution in [-0.2, 0) is 11.3 Å². The van der Waals surface area contributed by atoms with Crippen LogP contribution in [-0.4, -0.2) is 65.8 Å². The van der Waals surface area contributed by atoms with Crippen molar-refractivity contribution in [3.63, 3.8) is 0 Å². The number of carbonyl (C=O) groups is 1. The van der Waals surface area contributed by atoms with Crippen LogP contribution in [0.4, 0.5) is 5.69 Å². The third kappa shape index (κ3) is 11.1. The molecule has 9 nitrogen and oxygen atoms in total. The first-order valence-corrected chi connectivity index (χ1v) is 16.8. The highest BCUT2D eigenvalue weighted by Gasteiger charge is 2.32. The van der Waals surface area contributed by atoms with Gasteiger partial charge in [0, 0.05) is 44.6 Å². The predicted molar refractivity (Wildman–Crippen MR) is 184 cm³/mol. The van der Waals surface area contributed by atoms with E-state index < -0.39 is 0 Å². The molecular weight excluding hydrogens is 564 g/mol. The molecule has 2 unspecified atom stereocenters. The molecule has 3 rings (SSSR count). The van der Waals surface area contributed by atoms with Gasteiger partial charge >= 0.3 is 0 Å². The Kier molecular flexibility index (Phi) is 15.2. The number of hydrogen-bond donors (Lipinski definition) is 2. The van der Waals surface area contributed by atoms with Gasteiger partial charge in [-0.3, -0.25) is 4.79 Å². The van der Waals surface area contributed by atoms with E-state index in [4.69, 9.17) is 20.2 Å². The molecule has 248 valence electrons. The van der Waals surface area contributed by atoms with E-state index in [9.17, 15) is 4.79 Å². The number of ether oxygens (including phenoxy) is 2. The molecule has 1 aliphatic rings. The second-order valence-electron chi connectivity index (χ2n) is 12.2. The number of benzene rings is 1. The van der Waals surface area contributed by atoms with Crippen LogP contribution >= 0.6 is 0 Å². The maximum atomic E-state index is 14.2. The molecule has 45 heavy (non-hydrogen) atoms. The first kappa shape index (κ1) is 35.9. The lowest BCUT2D eigenvalue weighted by atomic mass is 10.00. The number of nitrogens with two attached hydrogens (primary N) is 1. The van der Waals surface area contributed by atoms with Crippen molar-refractivity contribution < 1.29 is 14.3 Å². The fourth-order valence-corrected chi connectivity index (χ4v) is 5.83. The van der Waals surface area contributed by atoms with E-state index in [0.717, 1.165) is 49.5 Å². The maximum absolute atomic E-state index is 14.2. The quantitative estimate of drug-likeness (QED) is 0.0863. The van der Waals surface area contributed by atoms with Gasteiger partial charge in [-0.2, -0.15) is 4.99 Å². The molecule has 0 bridgehead atoms. The molecule has 1 aliphatic heterocycles. The summed E-state index contributed by atoms with van der Waals surface area (Å²) in [6, 6.07) is 5.78. The number of aromatic nitrogens is 2. The van der Waals surface area contributed by atoms with Gasteiger partial charge in [-0.05, 0) is 55.9 Å². The number of methoxy groups -OCH3 is 1. The molecule has 3 N–H and O–H groups in total. The number of hydrogen-bond acceptors (Lipinski definition) is 6. The van der Waals surface area contributed by atoms with Crippen molar-refractivity contribution >= 4 is 17.6 Å². The molecule has 0 spiro atoms. The van der Waals surface area contributed by atoms with Crippen LogP contribution < -0.4 is 15.8 Å². The Morgan fingerprint density at radius 3 is 2.78 bits per heavy atom. The van der Waals surface area contributed by atoms with E-state index in [2.05, 4.69) is 66.9 Å². The van der Waals surface area contributed by atoms with Crippen molar-refractivity contribution in [2.45, 2.75) is 98.1 Å². The van der Waals surface area contributed by atoms with Gasteiger partial charge < -0.3 is 30.0 Å². The van der Waals surface area contributed by atoms with Crippen molar-refractivity contribution in [3.05, 3.63) is 65.8 Å². The van der Waals surface area contributed by atoms with E-state index in [1.165, 1.54) is 32.8 Å². The van der Waals surface area contributed by atoms with Crippen molar-refractivity contribution in [2.24, 2.45) is 16.6 Å². The van der Waals surface area contributed by atoms with Gasteiger partial charge in [0.15, 0.2) is 0 Å². The fraction of sp³-hybridized carbons (Fsp3) is 0.583. The largest absolute Gasteiger partial charge is 0.493 e. The minimum Gasteiger partial charge on any atom is -0.493 e. The number of amidine groups is 1. The summed E-state index contributed by atoms with van der Waals surface area (Å²) in [4.78, 5) is 25.2. The van der Waals surface area contributed by atoms with Crippen molar-refractivity contribution in [1.29, 1.82) is 0 Å². The number of piperazine rings is 1. The van der Waals surface area contributed by atoms with Gasteiger partial charge in [0.05, 0.1) is 31.4 Å². The van der Waals surface area contributed by atoms with E-state index in [1.807, 2.05) is 36.4 Å². The second kappa shape index (κ2) is 19.0. The Balaban J connectivity index is 1.75. The summed E-state index contributed by atoms with van der Waals surface area (Å²) in [5, 5.41) is 3.47. The third-order valence-electron chi connectivity index (χ3n) is 8.35. The number of rotatable bonds is 17. The Labute approximate surface area is 271 Å². The van der Waals surface area contributed by atoms with E-state index in [-0.39, 0.29) is 23.9 Å². The number of amides is 1. The van der Waals surface area contributed by atoms with Gasteiger partial charge in [-0.15, -0.1) is 0 Å². The highest BCUT2D eigenvalue weighted by atomic mass is 16.5. The molecule has 2 heterocycles. The molecule has 1 saturated heterocycles. The average molecular weight is 621 g/mol. The Hall–Kier alpha value is -3.59. The number of carbonyl (C=O) groups excluding carboxylic acids is 1. The van der Waals surface area contributed by atoms with Crippen molar-refractivity contribution in [2.75, 3.05) is 33.4 Å². The zero-order chi connectivity index (χ0) is 32.6. The van der Waals surface area contributed by atoms with E-state index in [0.29, 0.717) is 36.9 Å². The van der Waals surface area contributed by atoms with Crippen LogP contribution in [0, 0.1) is 12.8 Å². The summed E-state index contributed by atoms with van der Waals surface area (Å²) in [5.41, 5.74) is 8.95. The number of unbranched alkanes of at least 4 members (excludes halogenated alkanes) is 2. The minimum atomic E-state index is 0.00734. The Morgan fingerprint density at radius 1 is 1.22 bits per heavy atom. The predicted octanol–water partition coefficient (Wildman–Crippen LogP) is 6.90. The molecule has 0 aliphatic carbocycles. The van der Waals surface area contributed by atoms with Crippen LogP contribution in [0.15, 0.2) is 53.8 Å². The fourth-order valence-electron chi connectivity index (χ4n) is 5.83. The SMILES string of the molecule is CC/C=C\C/C=C\C(C)c1c(C(=O)N2CCNC[C@H]2CCOc2ccc(N=C(N)OC)cc2C)ncn1CC(C)CCCCC. The summed E-state index contributed by atoms with van der Waals surface area (Å²) in [6.45, 7) is 14.3. The zero-order valence-corrected chi connectivity index (χ0v) is 28.4. The number of imidazole rings is 1. The lowest BCUT2D eigenvalue weighted by molar-refractivity contribution is 0.0599. The standard InChI is InChI=1S/C36H56N6O3/c1-7-9-11-12-14-16-28(4)34-33(39-26-41(34)25-27(3)15-13-10-8-2)35(43)42-21-20-38-24-31(42)19-22-45-32-18-17-30(23-29(32)5)40-36(37)44-6/h9,11,14,16-18,23,26-28,31,38H,7-8,10,12-13,15,19-22,24-25H2,1-6H3,(H2,37,40)/b11-9-,16-14-/t27?,28?,31-/m1/s1. The van der Waals surface area contributed by atoms with Crippen LogP contribution in [0.2, 0.25) is 0 Å². The molecular formula is C36H56N6O3. The molecule has 1 aromatic carbocycles. The number of nitrogens with zero attached hydrogens (tertiary/aromatic N) is 4. The van der Waals surface area contributed by atoms with Crippen LogP contribution in [0.5, 0.6) is 5.75 Å². The zero-order valence-electron chi connectivity index (χ0n) is 28.4. The Morgan fingerprint density at radius 2 is 2.04 bits per heavy atom. The van der Waals surface area contributed by atoms with E-state index in [1.54, 1.807) is 0 Å². The minimum absolute atomic E-state index is 0.00734. The van der Waals surface area contributed by atoms with Crippen LogP contribution in [0.3, 0.4) is 0 Å². The summed E-state index contributed by atoms with van der Waals surface area (Å²) in [6.07, 6.45) is 18.2. The molecule has 1 fully saturated rings. The third-order valence-corrected chi connectivity index (χ3v) is 8.35. The number of aryl methyl sites for hydroxylation is 1. The first-order valence-electron chi connectivity index (χ1n) is 16.8. The highest BCUT2D eigenvalue weighted by Crippen LogP contribution is 2.27. The number of aliphatic imine (C=N–C) groups is 1. The van der Waals surface area contributed by atoms with Gasteiger partial charge in [-0.25, -0.2) is 4.98 Å². The highest BCUT2D eigenvalue weighted by molar-refractivity contribution is 5.94.